The van der Waals surface area contributed by atoms with E-state index < -0.39 is 0 Å². The summed E-state index contributed by atoms with van der Waals surface area (Å²) >= 11 is 0. The third-order valence-corrected chi connectivity index (χ3v) is 6.02. The maximum Gasteiger partial charge on any atom is 0.219 e. The zero-order chi connectivity index (χ0) is 21.1. The maximum atomic E-state index is 12.1. The number of carbonyl (C=O) groups excluding carboxylic acids is 1. The van der Waals surface area contributed by atoms with Gasteiger partial charge >= 0.3 is 0 Å². The number of aliphatic hydroxyl groups excluding tert-OH is 1. The Morgan fingerprint density at radius 3 is 2.83 bits per heavy atom. The van der Waals surface area contributed by atoms with Gasteiger partial charge in [-0.3, -0.25) is 15.2 Å². The van der Waals surface area contributed by atoms with Crippen LogP contribution in [0.5, 0.6) is 0 Å². The van der Waals surface area contributed by atoms with Crippen LogP contribution in [0.2, 0.25) is 0 Å². The zero-order valence-corrected chi connectivity index (χ0v) is 17.3. The van der Waals surface area contributed by atoms with Gasteiger partial charge in [0.15, 0.2) is 0 Å². The number of rotatable bonds is 5. The van der Waals surface area contributed by atoms with E-state index in [0.717, 1.165) is 59.2 Å². The van der Waals surface area contributed by atoms with Crippen molar-refractivity contribution in [2.24, 2.45) is 0 Å². The smallest absolute Gasteiger partial charge is 0.219 e. The Hall–Kier alpha value is -2.77. The van der Waals surface area contributed by atoms with Crippen molar-refractivity contribution >= 4 is 22.4 Å². The first-order valence-electron chi connectivity index (χ1n) is 10.5. The summed E-state index contributed by atoms with van der Waals surface area (Å²) in [5.41, 5.74) is 3.81. The van der Waals surface area contributed by atoms with Crippen LogP contribution in [0, 0.1) is 5.41 Å². The Morgan fingerprint density at radius 2 is 2.10 bits per heavy atom. The van der Waals surface area contributed by atoms with Gasteiger partial charge in [0.2, 0.25) is 5.91 Å². The van der Waals surface area contributed by atoms with Crippen molar-refractivity contribution < 1.29 is 14.6 Å². The summed E-state index contributed by atoms with van der Waals surface area (Å²) in [5, 5.41) is 24.1. The fourth-order valence-electron chi connectivity index (χ4n) is 4.27. The first-order chi connectivity index (χ1) is 14.6. The molecule has 0 spiro atoms. The molecule has 0 bridgehead atoms. The summed E-state index contributed by atoms with van der Waals surface area (Å²) in [6.45, 7) is 4.05. The molecule has 0 saturated carbocycles. The molecule has 4 rings (SSSR count). The van der Waals surface area contributed by atoms with Gasteiger partial charge in [0, 0.05) is 85.9 Å². The molecule has 1 fully saturated rings. The zero-order valence-electron chi connectivity index (χ0n) is 17.3. The van der Waals surface area contributed by atoms with Gasteiger partial charge in [-0.1, -0.05) is 18.2 Å². The van der Waals surface area contributed by atoms with E-state index in [1.165, 1.54) is 0 Å². The molecule has 3 heterocycles. The molecule has 0 aliphatic carbocycles. The van der Waals surface area contributed by atoms with Crippen LogP contribution in [-0.4, -0.2) is 59.0 Å². The van der Waals surface area contributed by atoms with Gasteiger partial charge in [0.25, 0.3) is 0 Å². The number of hydrogen-bond acceptors (Lipinski definition) is 6. The van der Waals surface area contributed by atoms with E-state index in [0.29, 0.717) is 31.3 Å². The molecule has 2 aromatic rings. The molecule has 7 heteroatoms. The summed E-state index contributed by atoms with van der Waals surface area (Å²) in [7, 11) is 0. The number of carbonyl (C=O) groups is 1. The highest BCUT2D eigenvalue weighted by atomic mass is 16.5. The first kappa shape index (κ1) is 20.5. The molecule has 1 aromatic carbocycles. The summed E-state index contributed by atoms with van der Waals surface area (Å²) in [5.74, 6) is 0.0209. The minimum absolute atomic E-state index is 0.0209. The van der Waals surface area contributed by atoms with Crippen molar-refractivity contribution in [1.29, 1.82) is 5.41 Å². The first-order valence-corrected chi connectivity index (χ1v) is 10.5. The van der Waals surface area contributed by atoms with Crippen LogP contribution in [0.15, 0.2) is 41.9 Å². The highest BCUT2D eigenvalue weighted by Gasteiger charge is 2.27. The van der Waals surface area contributed by atoms with Crippen LogP contribution < -0.4 is 5.32 Å². The van der Waals surface area contributed by atoms with Gasteiger partial charge in [0.05, 0.1) is 12.3 Å². The normalized spacial score (nSPS) is 18.0. The minimum atomic E-state index is -0.0987. The number of nitrogens with zero attached hydrogens (tertiary/aromatic N) is 2. The Balaban J connectivity index is 1.74. The predicted octanol–water partition coefficient (Wildman–Crippen LogP) is 2.37. The Morgan fingerprint density at radius 1 is 1.30 bits per heavy atom. The van der Waals surface area contributed by atoms with Crippen LogP contribution in [0.25, 0.3) is 10.8 Å². The predicted molar refractivity (Wildman–Crippen MR) is 115 cm³/mol. The van der Waals surface area contributed by atoms with Crippen molar-refractivity contribution in [2.75, 3.05) is 26.3 Å². The molecule has 2 aliphatic heterocycles. The Bertz CT molecular complexity index is 995. The quantitative estimate of drug-likeness (QED) is 0.660. The highest BCUT2D eigenvalue weighted by molar-refractivity contribution is 6.18. The van der Waals surface area contributed by atoms with Crippen molar-refractivity contribution in [3.63, 3.8) is 0 Å². The number of benzene rings is 1. The molecule has 158 valence electrons. The second-order valence-corrected chi connectivity index (χ2v) is 7.91. The second kappa shape index (κ2) is 8.93. The summed E-state index contributed by atoms with van der Waals surface area (Å²) in [4.78, 5) is 18.1. The fourth-order valence-corrected chi connectivity index (χ4v) is 4.27. The van der Waals surface area contributed by atoms with Crippen LogP contribution in [0.1, 0.15) is 37.3 Å². The van der Waals surface area contributed by atoms with Crippen molar-refractivity contribution in [3.05, 3.63) is 53.0 Å². The molecule has 1 amide bonds. The van der Waals surface area contributed by atoms with E-state index in [1.807, 2.05) is 18.2 Å². The molecular formula is C23H28N4O3. The molecule has 30 heavy (non-hydrogen) atoms. The number of hydrogen-bond donors (Lipinski definition) is 3. The number of aromatic nitrogens is 1. The van der Waals surface area contributed by atoms with Gasteiger partial charge in [0.1, 0.15) is 0 Å². The number of aliphatic hydroxyl groups is 1. The van der Waals surface area contributed by atoms with E-state index in [9.17, 15) is 9.90 Å². The molecule has 7 nitrogen and oxygen atoms in total. The van der Waals surface area contributed by atoms with Crippen LogP contribution in [0.4, 0.5) is 0 Å². The van der Waals surface area contributed by atoms with Gasteiger partial charge < -0.3 is 20.1 Å². The molecule has 0 radical (unpaired) electrons. The summed E-state index contributed by atoms with van der Waals surface area (Å²) < 4.78 is 5.47. The third-order valence-electron chi connectivity index (χ3n) is 6.02. The summed E-state index contributed by atoms with van der Waals surface area (Å²) in [6.07, 6.45) is 6.00. The number of pyridine rings is 1. The van der Waals surface area contributed by atoms with Gasteiger partial charge in [-0.25, -0.2) is 0 Å². The SMILES string of the molecule is CC(=O)N1CCC(NC2CCOCC2)=C(C(=N)c2cccc3c(CO)cncc23)C1. The molecule has 1 aromatic heterocycles. The van der Waals surface area contributed by atoms with E-state index in [2.05, 4.69) is 10.3 Å². The highest BCUT2D eigenvalue weighted by Crippen LogP contribution is 2.27. The largest absolute Gasteiger partial charge is 0.392 e. The third kappa shape index (κ3) is 4.08. The minimum Gasteiger partial charge on any atom is -0.392 e. The monoisotopic (exact) mass is 408 g/mol. The number of ether oxygens (including phenoxy) is 1. The van der Waals surface area contributed by atoms with Crippen LogP contribution >= 0.6 is 0 Å². The Labute approximate surface area is 176 Å². The van der Waals surface area contributed by atoms with Crippen LogP contribution in [0.3, 0.4) is 0 Å². The lowest BCUT2D eigenvalue weighted by Gasteiger charge is -2.34. The molecule has 0 unspecified atom stereocenters. The van der Waals surface area contributed by atoms with Crippen LogP contribution in [-0.2, 0) is 16.1 Å². The van der Waals surface area contributed by atoms with E-state index in [1.54, 1.807) is 24.2 Å². The van der Waals surface area contributed by atoms with Gasteiger partial charge in [-0.15, -0.1) is 0 Å². The van der Waals surface area contributed by atoms with E-state index in [-0.39, 0.29) is 12.5 Å². The van der Waals surface area contributed by atoms with Gasteiger partial charge in [-0.05, 0) is 18.2 Å². The average molecular weight is 409 g/mol. The summed E-state index contributed by atoms with van der Waals surface area (Å²) in [6, 6.07) is 6.09. The lowest BCUT2D eigenvalue weighted by molar-refractivity contribution is -0.128. The molecule has 0 atom stereocenters. The van der Waals surface area contributed by atoms with Crippen molar-refractivity contribution in [1.82, 2.24) is 15.2 Å². The molecule has 1 saturated heterocycles. The second-order valence-electron chi connectivity index (χ2n) is 7.91. The average Bonchev–Trinajstić information content (AvgIpc) is 2.78. The standard InChI is InChI=1S/C23H28N4O3/c1-15(29)27-8-5-22(26-17-6-9-30-10-7-17)21(13-27)23(24)19-4-2-3-18-16(14-28)11-25-12-20(18)19/h2-4,11-12,17,24,26,28H,5-10,13-14H2,1H3. The molecule has 2 aliphatic rings. The fraction of sp³-hybridized carbons (Fsp3) is 0.435. The number of fused-ring (bicyclic) bond motifs is 1. The Kier molecular flexibility index (Phi) is 6.11. The maximum absolute atomic E-state index is 12.1. The van der Waals surface area contributed by atoms with Crippen molar-refractivity contribution in [3.8, 4) is 0 Å². The molecular weight excluding hydrogens is 380 g/mol. The lowest BCUT2D eigenvalue weighted by Crippen LogP contribution is -2.43. The molecule has 3 N–H and O–H groups in total. The lowest BCUT2D eigenvalue weighted by atomic mass is 9.92. The van der Waals surface area contributed by atoms with E-state index in [4.69, 9.17) is 10.1 Å². The van der Waals surface area contributed by atoms with Gasteiger partial charge in [-0.2, -0.15) is 0 Å². The number of amides is 1. The van der Waals surface area contributed by atoms with E-state index >= 15 is 0 Å². The number of nitrogens with one attached hydrogen (secondary N) is 2. The van der Waals surface area contributed by atoms with Crippen molar-refractivity contribution in [2.45, 2.75) is 38.8 Å². The topological polar surface area (TPSA) is 98.5 Å².